The van der Waals surface area contributed by atoms with Gasteiger partial charge in [-0.2, -0.15) is 5.10 Å². The molecule has 4 rings (SSSR count). The first kappa shape index (κ1) is 19.9. The van der Waals surface area contributed by atoms with Crippen molar-refractivity contribution in [3.8, 4) is 5.75 Å². The van der Waals surface area contributed by atoms with Crippen molar-refractivity contribution in [1.29, 1.82) is 0 Å². The molecule has 2 aromatic heterocycles. The summed E-state index contributed by atoms with van der Waals surface area (Å²) in [4.78, 5) is 17.4. The number of amides is 1. The fourth-order valence-electron chi connectivity index (χ4n) is 3.99. The lowest BCUT2D eigenvalue weighted by molar-refractivity contribution is -0.121. The van der Waals surface area contributed by atoms with Crippen LogP contribution in [0.3, 0.4) is 0 Å². The second-order valence-electron chi connectivity index (χ2n) is 7.54. The Kier molecular flexibility index (Phi) is 5.40. The van der Waals surface area contributed by atoms with E-state index in [-0.39, 0.29) is 11.9 Å². The summed E-state index contributed by atoms with van der Waals surface area (Å²) >= 11 is 0. The molecule has 6 nitrogen and oxygen atoms in total. The number of carbonyl (C=O) groups excluding carboxylic acids is 1. The molecule has 6 heteroatoms. The lowest BCUT2D eigenvalue weighted by Gasteiger charge is -2.17. The molecule has 1 amide bonds. The highest BCUT2D eigenvalue weighted by Gasteiger charge is 2.17. The Morgan fingerprint density at radius 3 is 2.67 bits per heavy atom. The van der Waals surface area contributed by atoms with E-state index in [1.165, 1.54) is 0 Å². The smallest absolute Gasteiger partial charge is 0.220 e. The fourth-order valence-corrected chi connectivity index (χ4v) is 3.99. The highest BCUT2D eigenvalue weighted by Crippen LogP contribution is 2.25. The van der Waals surface area contributed by atoms with Crippen LogP contribution < -0.4 is 10.1 Å². The fraction of sp³-hybridized carbons (Fsp3) is 0.292. The number of aromatic nitrogens is 3. The second kappa shape index (κ2) is 8.14. The molecule has 154 valence electrons. The molecule has 2 aromatic carbocycles. The zero-order valence-corrected chi connectivity index (χ0v) is 17.8. The first-order valence-electron chi connectivity index (χ1n) is 10.2. The molecule has 1 atom stereocenters. The van der Waals surface area contributed by atoms with Crippen LogP contribution in [0, 0.1) is 13.8 Å². The average molecular weight is 402 g/mol. The molecule has 0 aliphatic rings. The van der Waals surface area contributed by atoms with Crippen molar-refractivity contribution < 1.29 is 9.53 Å². The van der Waals surface area contributed by atoms with Crippen molar-refractivity contribution in [3.63, 3.8) is 0 Å². The molecular weight excluding hydrogens is 376 g/mol. The Bertz CT molecular complexity index is 1230. The van der Waals surface area contributed by atoms with Crippen LogP contribution in [-0.2, 0) is 11.2 Å². The molecule has 0 aliphatic heterocycles. The van der Waals surface area contributed by atoms with Gasteiger partial charge in [0.25, 0.3) is 0 Å². The van der Waals surface area contributed by atoms with Gasteiger partial charge in [-0.1, -0.05) is 30.3 Å². The van der Waals surface area contributed by atoms with Gasteiger partial charge in [0.2, 0.25) is 5.91 Å². The molecule has 30 heavy (non-hydrogen) atoms. The standard InChI is InChI=1S/C24H26N4O2/c1-15-18(17(3)28-24(26-15)20-10-5-7-11-21(20)27-28)13-14-23(29)25-16(2)19-9-6-8-12-22(19)30-4/h5-12,16H,13-14H2,1-4H3,(H,25,29)/t16-/m1/s1. The van der Waals surface area contributed by atoms with Crippen LogP contribution in [0.2, 0.25) is 0 Å². The monoisotopic (exact) mass is 402 g/mol. The van der Waals surface area contributed by atoms with Gasteiger partial charge in [-0.15, -0.1) is 0 Å². The summed E-state index contributed by atoms with van der Waals surface area (Å²) in [5.41, 5.74) is 5.78. The molecule has 0 aliphatic carbocycles. The Morgan fingerprint density at radius 2 is 1.87 bits per heavy atom. The van der Waals surface area contributed by atoms with Crippen LogP contribution in [0.15, 0.2) is 48.5 Å². The maximum atomic E-state index is 12.6. The number of methoxy groups -OCH3 is 1. The number of hydrogen-bond donors (Lipinski definition) is 1. The summed E-state index contributed by atoms with van der Waals surface area (Å²) in [6, 6.07) is 15.6. The minimum absolute atomic E-state index is 0.00192. The molecule has 0 unspecified atom stereocenters. The normalized spacial score (nSPS) is 12.3. The summed E-state index contributed by atoms with van der Waals surface area (Å²) in [6.45, 7) is 6.01. The molecule has 2 heterocycles. The summed E-state index contributed by atoms with van der Waals surface area (Å²) in [5, 5.41) is 8.81. The Morgan fingerprint density at radius 1 is 1.13 bits per heavy atom. The molecule has 0 fully saturated rings. The zero-order chi connectivity index (χ0) is 21.3. The third kappa shape index (κ3) is 3.61. The minimum Gasteiger partial charge on any atom is -0.496 e. The van der Waals surface area contributed by atoms with Crippen molar-refractivity contribution in [2.24, 2.45) is 0 Å². The number of hydrogen-bond acceptors (Lipinski definition) is 4. The second-order valence-corrected chi connectivity index (χ2v) is 7.54. The molecule has 0 bridgehead atoms. The Labute approximate surface area is 175 Å². The van der Waals surface area contributed by atoms with Gasteiger partial charge in [-0.25, -0.2) is 9.50 Å². The van der Waals surface area contributed by atoms with Crippen LogP contribution in [0.1, 0.15) is 41.9 Å². The molecule has 0 spiro atoms. The summed E-state index contributed by atoms with van der Waals surface area (Å²) in [7, 11) is 1.64. The number of rotatable bonds is 6. The number of fused-ring (bicyclic) bond motifs is 3. The van der Waals surface area contributed by atoms with Crippen LogP contribution in [0.25, 0.3) is 16.6 Å². The first-order chi connectivity index (χ1) is 14.5. The van der Waals surface area contributed by atoms with E-state index >= 15 is 0 Å². The van der Waals surface area contributed by atoms with Gasteiger partial charge in [0.15, 0.2) is 5.65 Å². The van der Waals surface area contributed by atoms with Gasteiger partial charge in [0, 0.05) is 28.8 Å². The molecular formula is C24H26N4O2. The van der Waals surface area contributed by atoms with Gasteiger partial charge in [0.05, 0.1) is 18.7 Å². The van der Waals surface area contributed by atoms with Gasteiger partial charge in [0.1, 0.15) is 5.75 Å². The molecule has 0 radical (unpaired) electrons. The topological polar surface area (TPSA) is 68.5 Å². The van der Waals surface area contributed by atoms with E-state index in [1.54, 1.807) is 7.11 Å². The van der Waals surface area contributed by atoms with E-state index in [4.69, 9.17) is 14.8 Å². The predicted molar refractivity (Wildman–Crippen MR) is 118 cm³/mol. The summed E-state index contributed by atoms with van der Waals surface area (Å²) in [6.07, 6.45) is 0.996. The highest BCUT2D eigenvalue weighted by atomic mass is 16.5. The maximum absolute atomic E-state index is 12.6. The molecule has 0 saturated carbocycles. The third-order valence-corrected chi connectivity index (χ3v) is 5.60. The average Bonchev–Trinajstić information content (AvgIpc) is 3.12. The number of nitrogens with one attached hydrogen (secondary N) is 1. The molecule has 1 N–H and O–H groups in total. The lowest BCUT2D eigenvalue weighted by atomic mass is 10.0. The van der Waals surface area contributed by atoms with Gasteiger partial charge in [-0.3, -0.25) is 4.79 Å². The van der Waals surface area contributed by atoms with Gasteiger partial charge in [-0.05, 0) is 51.0 Å². The van der Waals surface area contributed by atoms with E-state index in [0.29, 0.717) is 12.8 Å². The predicted octanol–water partition coefficient (Wildman–Crippen LogP) is 4.32. The van der Waals surface area contributed by atoms with Crippen molar-refractivity contribution in [3.05, 3.63) is 71.0 Å². The molecule has 0 saturated heterocycles. The van der Waals surface area contributed by atoms with E-state index in [1.807, 2.05) is 73.8 Å². The number of benzene rings is 2. The lowest BCUT2D eigenvalue weighted by Crippen LogP contribution is -2.27. The van der Waals surface area contributed by atoms with Crippen molar-refractivity contribution in [2.75, 3.05) is 7.11 Å². The quantitative estimate of drug-likeness (QED) is 0.522. The highest BCUT2D eigenvalue weighted by molar-refractivity contribution is 5.92. The Balaban J connectivity index is 1.52. The number of nitrogens with zero attached hydrogens (tertiary/aromatic N) is 3. The third-order valence-electron chi connectivity index (χ3n) is 5.60. The van der Waals surface area contributed by atoms with Crippen LogP contribution in [0.4, 0.5) is 0 Å². The minimum atomic E-state index is -0.132. The zero-order valence-electron chi connectivity index (χ0n) is 17.8. The van der Waals surface area contributed by atoms with Crippen molar-refractivity contribution in [2.45, 2.75) is 39.7 Å². The van der Waals surface area contributed by atoms with Crippen molar-refractivity contribution >= 4 is 22.5 Å². The van der Waals surface area contributed by atoms with E-state index in [9.17, 15) is 4.79 Å². The van der Waals surface area contributed by atoms with Gasteiger partial charge >= 0.3 is 0 Å². The van der Waals surface area contributed by atoms with Crippen LogP contribution in [0.5, 0.6) is 5.75 Å². The first-order valence-corrected chi connectivity index (χ1v) is 10.2. The number of aryl methyl sites for hydroxylation is 2. The SMILES string of the molecule is COc1ccccc1[C@@H](C)NC(=O)CCc1c(C)nc2c3ccccc3nn2c1C. The van der Waals surface area contributed by atoms with E-state index in [0.717, 1.165) is 44.8 Å². The van der Waals surface area contributed by atoms with E-state index in [2.05, 4.69) is 5.32 Å². The maximum Gasteiger partial charge on any atom is 0.220 e. The van der Waals surface area contributed by atoms with Crippen LogP contribution >= 0.6 is 0 Å². The summed E-state index contributed by atoms with van der Waals surface area (Å²) < 4.78 is 7.30. The number of ether oxygens (including phenoxy) is 1. The van der Waals surface area contributed by atoms with Crippen LogP contribution in [-0.4, -0.2) is 27.6 Å². The summed E-state index contributed by atoms with van der Waals surface area (Å²) in [5.74, 6) is 0.773. The molecule has 4 aromatic rings. The van der Waals surface area contributed by atoms with E-state index < -0.39 is 0 Å². The largest absolute Gasteiger partial charge is 0.496 e. The van der Waals surface area contributed by atoms with Crippen molar-refractivity contribution in [1.82, 2.24) is 19.9 Å². The Hall–Kier alpha value is -3.41. The van der Waals surface area contributed by atoms with Gasteiger partial charge < -0.3 is 10.1 Å². The number of carbonyl (C=O) groups is 1. The number of para-hydroxylation sites is 1.